The number of rotatable bonds is 5. The lowest BCUT2D eigenvalue weighted by Crippen LogP contribution is -2.52. The summed E-state index contributed by atoms with van der Waals surface area (Å²) >= 11 is 0. The standard InChI is InChI=1S/C31H44N2O5/c1-30-11-9-23(38-29(35)32-13-14-33-15-17-36-18-16-33)19-22(30)4-5-24-26-7-6-25(21-3-8-28(34)37-20-21)31(26,2)12-10-27(24)30/h3,7-8,20,22-25,27H,4-6,9-19H2,1-2H3,(H,32,35)/t22-,23+,24+,25-,27+,30+,31-/m1/s1. The number of hydrogen-bond acceptors (Lipinski definition) is 6. The molecule has 4 aliphatic carbocycles. The molecule has 0 spiro atoms. The first-order valence-electron chi connectivity index (χ1n) is 14.9. The van der Waals surface area contributed by atoms with Crippen LogP contribution in [0.25, 0.3) is 0 Å². The fourth-order valence-corrected chi connectivity index (χ4v) is 9.06. The molecule has 1 saturated heterocycles. The van der Waals surface area contributed by atoms with Gasteiger partial charge in [0, 0.05) is 32.2 Å². The summed E-state index contributed by atoms with van der Waals surface area (Å²) in [6.45, 7) is 9.88. The minimum atomic E-state index is -0.273. The quantitative estimate of drug-likeness (QED) is 0.539. The monoisotopic (exact) mass is 524 g/mol. The average Bonchev–Trinajstić information content (AvgIpc) is 3.27. The molecule has 1 aromatic heterocycles. The molecule has 1 aromatic rings. The Balaban J connectivity index is 1.05. The molecule has 0 aromatic carbocycles. The third-order valence-electron chi connectivity index (χ3n) is 11.2. The molecule has 3 saturated carbocycles. The summed E-state index contributed by atoms with van der Waals surface area (Å²) in [5.74, 6) is 2.38. The van der Waals surface area contributed by atoms with Crippen LogP contribution in [0.15, 0.2) is 39.3 Å². The van der Waals surface area contributed by atoms with Crippen molar-refractivity contribution in [2.24, 2.45) is 28.6 Å². The lowest BCUT2D eigenvalue weighted by atomic mass is 9.46. The Hall–Kier alpha value is -2.12. The number of hydrogen-bond donors (Lipinski definition) is 1. The Morgan fingerprint density at radius 2 is 1.97 bits per heavy atom. The average molecular weight is 525 g/mol. The second-order valence-electron chi connectivity index (χ2n) is 13.0. The zero-order valence-corrected chi connectivity index (χ0v) is 23.1. The summed E-state index contributed by atoms with van der Waals surface area (Å²) in [5.41, 5.74) is 3.03. The van der Waals surface area contributed by atoms with Crippen LogP contribution in [0.1, 0.15) is 76.7 Å². The van der Waals surface area contributed by atoms with Crippen LogP contribution < -0.4 is 10.9 Å². The predicted octanol–water partition coefficient (Wildman–Crippen LogP) is 5.11. The Kier molecular flexibility index (Phi) is 7.19. The van der Waals surface area contributed by atoms with Crippen LogP contribution in [0, 0.1) is 28.6 Å². The van der Waals surface area contributed by atoms with E-state index in [0.29, 0.717) is 35.6 Å². The van der Waals surface area contributed by atoms with Gasteiger partial charge in [0.25, 0.3) is 0 Å². The van der Waals surface area contributed by atoms with Crippen LogP contribution in [0.5, 0.6) is 0 Å². The Morgan fingerprint density at radius 1 is 1.13 bits per heavy atom. The number of amides is 1. The number of carbonyl (C=O) groups is 1. The number of nitrogens with zero attached hydrogens (tertiary/aromatic N) is 1. The van der Waals surface area contributed by atoms with E-state index in [1.54, 1.807) is 17.9 Å². The van der Waals surface area contributed by atoms with E-state index in [-0.39, 0.29) is 23.2 Å². The van der Waals surface area contributed by atoms with Gasteiger partial charge in [-0.2, -0.15) is 0 Å². The van der Waals surface area contributed by atoms with E-state index in [0.717, 1.165) is 64.1 Å². The van der Waals surface area contributed by atoms with Crippen LogP contribution in [-0.2, 0) is 9.47 Å². The van der Waals surface area contributed by atoms with Gasteiger partial charge in [-0.05, 0) is 97.5 Å². The van der Waals surface area contributed by atoms with E-state index in [1.165, 1.54) is 25.7 Å². The van der Waals surface area contributed by atoms with Crippen molar-refractivity contribution in [3.8, 4) is 0 Å². The maximum Gasteiger partial charge on any atom is 0.407 e. The van der Waals surface area contributed by atoms with Gasteiger partial charge in [0.2, 0.25) is 0 Å². The third kappa shape index (κ3) is 4.74. The molecular formula is C31H44N2O5. The van der Waals surface area contributed by atoms with Crippen LogP contribution in [0.3, 0.4) is 0 Å². The molecule has 1 N–H and O–H groups in total. The maximum atomic E-state index is 12.5. The van der Waals surface area contributed by atoms with Crippen LogP contribution >= 0.6 is 0 Å². The molecule has 1 amide bonds. The molecule has 208 valence electrons. The fourth-order valence-electron chi connectivity index (χ4n) is 9.06. The van der Waals surface area contributed by atoms with E-state index >= 15 is 0 Å². The Morgan fingerprint density at radius 3 is 2.76 bits per heavy atom. The Bertz CT molecular complexity index is 1090. The van der Waals surface area contributed by atoms with Gasteiger partial charge >= 0.3 is 11.7 Å². The van der Waals surface area contributed by atoms with Crippen molar-refractivity contribution in [1.82, 2.24) is 10.2 Å². The molecule has 7 atom stereocenters. The highest BCUT2D eigenvalue weighted by molar-refractivity contribution is 5.67. The fraction of sp³-hybridized carbons (Fsp3) is 0.742. The van der Waals surface area contributed by atoms with Gasteiger partial charge < -0.3 is 19.2 Å². The number of nitrogens with one attached hydrogen (secondary N) is 1. The van der Waals surface area contributed by atoms with Crippen LogP contribution in [0.4, 0.5) is 4.79 Å². The highest BCUT2D eigenvalue weighted by Crippen LogP contribution is 2.67. The number of carbonyl (C=O) groups excluding carboxylic acids is 1. The second kappa shape index (κ2) is 10.5. The number of ether oxygens (including phenoxy) is 2. The molecule has 38 heavy (non-hydrogen) atoms. The Labute approximate surface area is 226 Å². The van der Waals surface area contributed by atoms with Gasteiger partial charge in [-0.3, -0.25) is 4.90 Å². The largest absolute Gasteiger partial charge is 0.446 e. The number of allylic oxidation sites excluding steroid dienone is 2. The summed E-state index contributed by atoms with van der Waals surface area (Å²) < 4.78 is 16.6. The summed E-state index contributed by atoms with van der Waals surface area (Å²) in [5, 5.41) is 2.98. The summed E-state index contributed by atoms with van der Waals surface area (Å²) in [4.78, 5) is 26.4. The first-order valence-corrected chi connectivity index (χ1v) is 14.9. The highest BCUT2D eigenvalue weighted by Gasteiger charge is 2.58. The molecule has 6 rings (SSSR count). The van der Waals surface area contributed by atoms with Crippen molar-refractivity contribution in [1.29, 1.82) is 0 Å². The van der Waals surface area contributed by atoms with Gasteiger partial charge in [0.15, 0.2) is 0 Å². The van der Waals surface area contributed by atoms with E-state index in [9.17, 15) is 9.59 Å². The molecule has 7 heteroatoms. The van der Waals surface area contributed by atoms with Crippen LogP contribution in [-0.4, -0.2) is 56.5 Å². The van der Waals surface area contributed by atoms with E-state index < -0.39 is 0 Å². The topological polar surface area (TPSA) is 81.0 Å². The lowest BCUT2D eigenvalue weighted by molar-refractivity contribution is -0.0842. The highest BCUT2D eigenvalue weighted by atomic mass is 16.6. The maximum absolute atomic E-state index is 12.5. The van der Waals surface area contributed by atoms with Crippen molar-refractivity contribution >= 4 is 6.09 Å². The molecule has 4 fully saturated rings. The summed E-state index contributed by atoms with van der Waals surface area (Å²) in [7, 11) is 0. The zero-order valence-electron chi connectivity index (χ0n) is 23.1. The minimum absolute atomic E-state index is 0.0321. The molecule has 1 aliphatic heterocycles. The van der Waals surface area contributed by atoms with Gasteiger partial charge in [0.05, 0.1) is 19.5 Å². The van der Waals surface area contributed by atoms with Gasteiger partial charge in [-0.15, -0.1) is 0 Å². The predicted molar refractivity (Wildman–Crippen MR) is 145 cm³/mol. The molecule has 0 unspecified atom stereocenters. The second-order valence-corrected chi connectivity index (χ2v) is 13.0. The van der Waals surface area contributed by atoms with Crippen molar-refractivity contribution in [2.45, 2.75) is 77.2 Å². The number of fused-ring (bicyclic) bond motifs is 5. The zero-order chi connectivity index (χ0) is 26.3. The summed E-state index contributed by atoms with van der Waals surface area (Å²) in [6.07, 6.45) is 13.1. The first kappa shape index (κ1) is 26.1. The normalized spacial score (nSPS) is 38.9. The molecular weight excluding hydrogens is 480 g/mol. The third-order valence-corrected chi connectivity index (χ3v) is 11.2. The SMILES string of the molecule is C[C@]12CC[C@H](OC(=O)NCCN3CCOCC3)C[C@H]1CC[C@H]1C3=CC[C@H](c4ccc(=O)oc4)[C@@]3(C)CC[C@@H]12. The van der Waals surface area contributed by atoms with Crippen molar-refractivity contribution in [2.75, 3.05) is 39.4 Å². The molecule has 5 aliphatic rings. The van der Waals surface area contributed by atoms with Crippen molar-refractivity contribution in [3.05, 3.63) is 46.0 Å². The minimum Gasteiger partial charge on any atom is -0.446 e. The van der Waals surface area contributed by atoms with Gasteiger partial charge in [0.1, 0.15) is 6.10 Å². The van der Waals surface area contributed by atoms with Crippen molar-refractivity contribution < 1.29 is 18.7 Å². The van der Waals surface area contributed by atoms with E-state index in [1.807, 2.05) is 6.07 Å². The lowest BCUT2D eigenvalue weighted by Gasteiger charge is -2.59. The molecule has 7 nitrogen and oxygen atoms in total. The number of morpholine rings is 1. The van der Waals surface area contributed by atoms with Crippen molar-refractivity contribution in [3.63, 3.8) is 0 Å². The van der Waals surface area contributed by atoms with E-state index in [2.05, 4.69) is 30.1 Å². The smallest absolute Gasteiger partial charge is 0.407 e. The van der Waals surface area contributed by atoms with Crippen LogP contribution in [0.2, 0.25) is 0 Å². The van der Waals surface area contributed by atoms with E-state index in [4.69, 9.17) is 13.9 Å². The number of alkyl carbamates (subject to hydrolysis) is 1. The molecule has 0 bridgehead atoms. The van der Waals surface area contributed by atoms with Gasteiger partial charge in [-0.1, -0.05) is 25.5 Å². The molecule has 0 radical (unpaired) electrons. The first-order chi connectivity index (χ1) is 18.4. The summed E-state index contributed by atoms with van der Waals surface area (Å²) in [6, 6.07) is 3.54. The molecule has 2 heterocycles. The van der Waals surface area contributed by atoms with Gasteiger partial charge in [-0.25, -0.2) is 9.59 Å².